The zero-order valence-corrected chi connectivity index (χ0v) is 27.7. The SMILES string of the molecule is COC(=O)CCN(CCC(=O)OC)c1ccc2nc3c4ccccc4c(=NC(=O)OCCSSCCO)cc-3oc2c1.[O-][Cl+3]([O-])([O-])O. The van der Waals surface area contributed by atoms with Crippen molar-refractivity contribution in [2.45, 2.75) is 12.8 Å². The van der Waals surface area contributed by atoms with Gasteiger partial charge in [-0.3, -0.25) is 9.59 Å². The topological polar surface area (TPSA) is 230 Å². The molecule has 254 valence electrons. The Kier molecular flexibility index (Phi) is 15.0. The molecule has 0 aromatic heterocycles. The van der Waals surface area contributed by atoms with Crippen LogP contribution in [0.3, 0.4) is 0 Å². The zero-order valence-electron chi connectivity index (χ0n) is 25.3. The van der Waals surface area contributed by atoms with E-state index in [0.29, 0.717) is 52.5 Å². The third kappa shape index (κ3) is 12.5. The first-order chi connectivity index (χ1) is 22.4. The van der Waals surface area contributed by atoms with Crippen LogP contribution in [0.5, 0.6) is 0 Å². The number of anilines is 1. The summed E-state index contributed by atoms with van der Waals surface area (Å²) in [7, 11) is 0.982. The molecule has 0 saturated carbocycles. The molecule has 0 spiro atoms. The minimum absolute atomic E-state index is 0.0986. The van der Waals surface area contributed by atoms with E-state index >= 15 is 0 Å². The standard InChI is InChI=1S/C29H31N3O8S2.ClHO4/c1-37-26(34)9-11-32(12-10-27(35)38-2)19-7-8-22-24(17-19)40-25-18-23(20-5-3-4-6-21(20)28(25)30-22)31-29(36)39-14-16-42-41-15-13-33;2-1(3,4)5/h3-8,17-18,33H,9-16H2,1-2H3;(H,2,3,4,5). The van der Waals surface area contributed by atoms with Crippen LogP contribution in [0.2, 0.25) is 0 Å². The molecule has 0 bridgehead atoms. The van der Waals surface area contributed by atoms with Gasteiger partial charge in [0.1, 0.15) is 17.8 Å². The molecule has 1 aliphatic heterocycles. The number of hydrogen-bond acceptors (Lipinski definition) is 16. The van der Waals surface area contributed by atoms with Crippen molar-refractivity contribution in [3.8, 4) is 11.5 Å². The molecule has 2 aromatic carbocycles. The smallest absolute Gasteiger partial charge is 0.434 e. The Morgan fingerprint density at radius 1 is 0.957 bits per heavy atom. The quantitative estimate of drug-likeness (QED) is 0.0474. The predicted octanol–water partition coefficient (Wildman–Crippen LogP) is 0.305. The van der Waals surface area contributed by atoms with Gasteiger partial charge >= 0.3 is 18.0 Å². The van der Waals surface area contributed by atoms with Gasteiger partial charge < -0.3 is 28.6 Å². The van der Waals surface area contributed by atoms with Crippen molar-refractivity contribution in [3.05, 3.63) is 53.9 Å². The number of hydrogen-bond donors (Lipinski definition) is 2. The summed E-state index contributed by atoms with van der Waals surface area (Å²) in [4.78, 5) is 47.0. The molecule has 0 unspecified atom stereocenters. The van der Waals surface area contributed by atoms with E-state index in [2.05, 4.69) is 4.99 Å². The number of methoxy groups -OCH3 is 2. The Morgan fingerprint density at radius 3 is 2.19 bits per heavy atom. The summed E-state index contributed by atoms with van der Waals surface area (Å²) in [5.41, 5.74) is 2.42. The van der Waals surface area contributed by atoms with Gasteiger partial charge in [-0.25, -0.2) is 9.78 Å². The highest BCUT2D eigenvalue weighted by Gasteiger charge is 2.18. The Morgan fingerprint density at radius 2 is 1.57 bits per heavy atom. The van der Waals surface area contributed by atoms with Gasteiger partial charge in [-0.15, -0.1) is 0 Å². The summed E-state index contributed by atoms with van der Waals surface area (Å²) in [5.74, 6) is 0.888. The van der Waals surface area contributed by atoms with Crippen LogP contribution in [0.15, 0.2) is 57.9 Å². The summed E-state index contributed by atoms with van der Waals surface area (Å²) >= 11 is 0. The lowest BCUT2D eigenvalue weighted by Gasteiger charge is -2.24. The van der Waals surface area contributed by atoms with Crippen LogP contribution in [-0.2, 0) is 23.8 Å². The number of ether oxygens (including phenoxy) is 3. The maximum atomic E-state index is 12.5. The van der Waals surface area contributed by atoms with E-state index in [1.807, 2.05) is 41.3 Å². The number of amides is 1. The summed E-state index contributed by atoms with van der Waals surface area (Å²) in [6.45, 7) is 0.940. The lowest BCUT2D eigenvalue weighted by Crippen LogP contribution is -2.58. The minimum Gasteiger partial charge on any atom is -0.469 e. The second-order valence-corrected chi connectivity index (χ2v) is 12.8. The molecule has 18 heteroatoms. The van der Waals surface area contributed by atoms with E-state index in [4.69, 9.17) is 47.4 Å². The molecule has 1 heterocycles. The number of fused-ring (bicyclic) bond motifs is 4. The van der Waals surface area contributed by atoms with Gasteiger partial charge in [0.05, 0.1) is 53.9 Å². The van der Waals surface area contributed by atoms with E-state index in [-0.39, 0.29) is 38.0 Å². The molecule has 2 aromatic rings. The van der Waals surface area contributed by atoms with Crippen molar-refractivity contribution in [2.75, 3.05) is 56.9 Å². The van der Waals surface area contributed by atoms with E-state index in [9.17, 15) is 14.4 Å². The summed E-state index contributed by atoms with van der Waals surface area (Å²) in [6, 6.07) is 14.6. The molecule has 0 fully saturated rings. The molecule has 15 nitrogen and oxygen atoms in total. The number of benzene rings is 3. The van der Waals surface area contributed by atoms with Crippen LogP contribution >= 0.6 is 21.6 Å². The maximum absolute atomic E-state index is 12.5. The molecular weight excluding hydrogens is 682 g/mol. The van der Waals surface area contributed by atoms with Crippen molar-refractivity contribution in [1.82, 2.24) is 4.98 Å². The second-order valence-electron chi connectivity index (χ2n) is 9.28. The second kappa shape index (κ2) is 18.6. The minimum atomic E-state index is -4.69. The fraction of sp³-hybridized carbons (Fsp3) is 0.345. The number of aromatic nitrogens is 1. The van der Waals surface area contributed by atoms with Crippen molar-refractivity contribution in [3.63, 3.8) is 0 Å². The van der Waals surface area contributed by atoms with Crippen LogP contribution in [0, 0.1) is 10.2 Å². The first kappa shape index (κ1) is 37.8. The van der Waals surface area contributed by atoms with Crippen LogP contribution in [0.1, 0.15) is 12.8 Å². The van der Waals surface area contributed by atoms with Gasteiger partial charge in [-0.2, -0.15) is 19.0 Å². The third-order valence-electron chi connectivity index (χ3n) is 6.21. The van der Waals surface area contributed by atoms with E-state index in [0.717, 1.165) is 16.5 Å². The number of esters is 2. The third-order valence-corrected chi connectivity index (χ3v) is 8.56. The number of aliphatic hydroxyl groups excluding tert-OH is 1. The van der Waals surface area contributed by atoms with Gasteiger partial charge in [0, 0.05) is 53.2 Å². The number of nitrogens with zero attached hydrogens (tertiary/aromatic N) is 3. The van der Waals surface area contributed by atoms with Crippen molar-refractivity contribution in [2.24, 2.45) is 4.99 Å². The number of halogens is 1. The highest BCUT2D eigenvalue weighted by molar-refractivity contribution is 8.76. The first-order valence-electron chi connectivity index (χ1n) is 13.8. The number of rotatable bonds is 13. The largest absolute Gasteiger partial charge is 0.469 e. The van der Waals surface area contributed by atoms with Gasteiger partial charge in [0.25, 0.3) is 0 Å². The fourth-order valence-electron chi connectivity index (χ4n) is 4.19. The van der Waals surface area contributed by atoms with Gasteiger partial charge in [0.15, 0.2) is 11.3 Å². The van der Waals surface area contributed by atoms with Crippen LogP contribution in [0.4, 0.5) is 10.5 Å². The van der Waals surface area contributed by atoms with Crippen LogP contribution < -0.4 is 24.2 Å². The lowest BCUT2D eigenvalue weighted by molar-refractivity contribution is -1.92. The van der Waals surface area contributed by atoms with E-state index < -0.39 is 16.3 Å². The van der Waals surface area contributed by atoms with Gasteiger partial charge in [-0.1, -0.05) is 45.9 Å². The van der Waals surface area contributed by atoms with E-state index in [1.54, 1.807) is 12.1 Å². The number of carbonyl (C=O) groups is 3. The van der Waals surface area contributed by atoms with Gasteiger partial charge in [0.2, 0.25) is 0 Å². The average molecular weight is 714 g/mol. The van der Waals surface area contributed by atoms with Crippen molar-refractivity contribution < 1.29 is 67.0 Å². The summed E-state index contributed by atoms with van der Waals surface area (Å²) in [6.07, 6.45) is -0.443. The Labute approximate surface area is 278 Å². The number of carbonyl (C=O) groups excluding carboxylic acids is 3. The molecule has 2 aliphatic rings. The van der Waals surface area contributed by atoms with Gasteiger partial charge in [-0.05, 0) is 12.1 Å². The van der Waals surface area contributed by atoms with E-state index in [1.165, 1.54) is 35.8 Å². The molecule has 4 rings (SSSR count). The molecular formula is C29H32ClN3O12S2. The summed E-state index contributed by atoms with van der Waals surface area (Å²) < 4.78 is 53.8. The van der Waals surface area contributed by atoms with Crippen molar-refractivity contribution in [1.29, 1.82) is 0 Å². The highest BCUT2D eigenvalue weighted by atomic mass is 35.7. The monoisotopic (exact) mass is 713 g/mol. The fourth-order valence-corrected chi connectivity index (χ4v) is 5.79. The predicted molar refractivity (Wildman–Crippen MR) is 165 cm³/mol. The Hall–Kier alpha value is -3.68. The molecule has 47 heavy (non-hydrogen) atoms. The Balaban J connectivity index is 0.00000111. The highest BCUT2D eigenvalue weighted by Crippen LogP contribution is 2.32. The van der Waals surface area contributed by atoms with Crippen molar-refractivity contribution >= 4 is 67.2 Å². The average Bonchev–Trinajstić information content (AvgIpc) is 3.04. The molecule has 1 aliphatic carbocycles. The lowest BCUT2D eigenvalue weighted by atomic mass is 10.0. The number of aliphatic hydroxyl groups is 1. The molecule has 1 amide bonds. The Bertz CT molecular complexity index is 1670. The molecule has 0 saturated heterocycles. The van der Waals surface area contributed by atoms with Crippen LogP contribution in [-0.4, -0.2) is 84.8 Å². The van der Waals surface area contributed by atoms with Crippen LogP contribution in [0.25, 0.3) is 33.3 Å². The molecule has 2 N–H and O–H groups in total. The maximum Gasteiger partial charge on any atom is 0.434 e. The zero-order chi connectivity index (χ0) is 34.4. The normalized spacial score (nSPS) is 11.7. The molecule has 0 radical (unpaired) electrons. The first-order valence-corrected chi connectivity index (χ1v) is 17.5. The summed E-state index contributed by atoms with van der Waals surface area (Å²) in [5, 5.41) is 10.7. The molecule has 0 atom stereocenters.